The molecule has 0 aromatic rings. The van der Waals surface area contributed by atoms with Gasteiger partial charge in [-0.25, -0.2) is 14.4 Å². The summed E-state index contributed by atoms with van der Waals surface area (Å²) in [6, 6.07) is 0. The highest BCUT2D eigenvalue weighted by atomic mass is 16.6. The molecule has 5 atom stereocenters. The number of carbonyl (C=O) groups excluding carboxylic acids is 5. The lowest BCUT2D eigenvalue weighted by atomic mass is 9.77. The van der Waals surface area contributed by atoms with Crippen LogP contribution in [-0.2, 0) is 52.4 Å². The Morgan fingerprint density at radius 1 is 0.639 bits per heavy atom. The van der Waals surface area contributed by atoms with Crippen molar-refractivity contribution in [2.45, 2.75) is 168 Å². The van der Waals surface area contributed by atoms with E-state index in [1.165, 1.54) is 32.1 Å². The first kappa shape index (κ1) is 64.2. The van der Waals surface area contributed by atoms with Gasteiger partial charge in [0.15, 0.2) is 0 Å². The first-order valence-corrected chi connectivity index (χ1v) is 22.2. The smallest absolute Gasteiger partial charge is 0.333 e. The second-order valence-electron chi connectivity index (χ2n) is 18.5. The molecular weight excluding hydrogens is 777 g/mol. The van der Waals surface area contributed by atoms with Gasteiger partial charge in [0, 0.05) is 30.6 Å². The zero-order chi connectivity index (χ0) is 46.8. The van der Waals surface area contributed by atoms with E-state index < -0.39 is 11.9 Å². The van der Waals surface area contributed by atoms with E-state index in [1.807, 2.05) is 0 Å². The first-order chi connectivity index (χ1) is 27.9. The monoisotopic (exact) mass is 869 g/mol. The molecule has 61 heavy (non-hydrogen) atoms. The Hall–Kier alpha value is -3.47. The minimum absolute atomic E-state index is 0. The summed E-state index contributed by atoms with van der Waals surface area (Å²) < 4.78 is 28.6. The van der Waals surface area contributed by atoms with E-state index >= 15 is 0 Å². The second-order valence-corrected chi connectivity index (χ2v) is 18.5. The molecule has 5 unspecified atom stereocenters. The number of hydrogen-bond donors (Lipinski definition) is 0. The molecule has 0 aromatic heterocycles. The van der Waals surface area contributed by atoms with Gasteiger partial charge >= 0.3 is 29.8 Å². The molecule has 1 rings (SSSR count). The maximum absolute atomic E-state index is 11.8. The quantitative estimate of drug-likeness (QED) is 0.0256. The van der Waals surface area contributed by atoms with E-state index in [-0.39, 0.29) is 63.3 Å². The van der Waals surface area contributed by atoms with Crippen molar-refractivity contribution in [1.29, 1.82) is 0 Å². The van der Waals surface area contributed by atoms with Crippen molar-refractivity contribution in [3.63, 3.8) is 0 Å². The van der Waals surface area contributed by atoms with Crippen LogP contribution < -0.4 is 0 Å². The zero-order valence-corrected chi connectivity index (χ0v) is 40.5. The van der Waals surface area contributed by atoms with Crippen molar-refractivity contribution in [2.75, 3.05) is 39.6 Å². The van der Waals surface area contributed by atoms with Crippen LogP contribution in [0.25, 0.3) is 0 Å². The highest BCUT2D eigenvalue weighted by Crippen LogP contribution is 2.34. The molecule has 0 bridgehead atoms. The first-order valence-electron chi connectivity index (χ1n) is 22.2. The maximum atomic E-state index is 11.8. The summed E-state index contributed by atoms with van der Waals surface area (Å²) in [5, 5.41) is 0. The summed E-state index contributed by atoms with van der Waals surface area (Å²) >= 11 is 0. The topological polar surface area (TPSA) is 144 Å². The van der Waals surface area contributed by atoms with E-state index in [9.17, 15) is 24.0 Å². The molecule has 0 saturated carbocycles. The van der Waals surface area contributed by atoms with Crippen LogP contribution in [0.1, 0.15) is 162 Å². The minimum atomic E-state index is -0.537. The Bertz CT molecular complexity index is 1180. The fraction of sp³-hybridized carbons (Fsp3) is 0.780. The summed E-state index contributed by atoms with van der Waals surface area (Å²) in [6.07, 6.45) is 11.6. The van der Waals surface area contributed by atoms with Crippen LogP contribution in [0.5, 0.6) is 0 Å². The van der Waals surface area contributed by atoms with Gasteiger partial charge in [0.05, 0.1) is 6.61 Å². The van der Waals surface area contributed by atoms with Gasteiger partial charge in [-0.05, 0) is 98.7 Å². The molecular formula is C50H92O11. The van der Waals surface area contributed by atoms with Crippen molar-refractivity contribution in [3.8, 4) is 0 Å². The van der Waals surface area contributed by atoms with Crippen LogP contribution in [0.2, 0.25) is 0 Å². The Morgan fingerprint density at radius 3 is 1.36 bits per heavy atom. The van der Waals surface area contributed by atoms with Crippen LogP contribution in [0, 0.1) is 46.8 Å². The summed E-state index contributed by atoms with van der Waals surface area (Å²) in [4.78, 5) is 54.4. The summed E-state index contributed by atoms with van der Waals surface area (Å²) in [7, 11) is 0. The number of carbonyl (C=O) groups is 5. The van der Waals surface area contributed by atoms with Gasteiger partial charge in [-0.3, -0.25) is 9.59 Å². The second kappa shape index (κ2) is 38.2. The molecule has 1 heterocycles. The number of hydrogen-bond acceptors (Lipinski definition) is 11. The predicted molar refractivity (Wildman–Crippen MR) is 249 cm³/mol. The van der Waals surface area contributed by atoms with Gasteiger partial charge in [0.1, 0.15) is 39.1 Å². The Labute approximate surface area is 373 Å². The fourth-order valence-electron chi connectivity index (χ4n) is 6.99. The summed E-state index contributed by atoms with van der Waals surface area (Å²) in [6.45, 7) is 42.4. The van der Waals surface area contributed by atoms with Crippen molar-refractivity contribution in [2.24, 2.45) is 46.8 Å². The maximum Gasteiger partial charge on any atom is 0.333 e. The van der Waals surface area contributed by atoms with Crippen molar-refractivity contribution < 1.29 is 52.4 Å². The molecule has 11 nitrogen and oxygen atoms in total. The number of epoxide rings is 1. The van der Waals surface area contributed by atoms with Gasteiger partial charge in [0.2, 0.25) is 0 Å². The third kappa shape index (κ3) is 47.4. The van der Waals surface area contributed by atoms with Crippen molar-refractivity contribution in [3.05, 3.63) is 37.5 Å². The molecule has 1 saturated heterocycles. The van der Waals surface area contributed by atoms with E-state index in [0.29, 0.717) is 37.5 Å². The Kier molecular flexibility index (Phi) is 40.2. The van der Waals surface area contributed by atoms with Crippen molar-refractivity contribution >= 4 is 29.8 Å². The number of esters is 5. The van der Waals surface area contributed by atoms with Gasteiger partial charge in [-0.2, -0.15) is 0 Å². The minimum Gasteiger partial charge on any atom is -0.462 e. The molecule has 0 N–H and O–H groups in total. The lowest BCUT2D eigenvalue weighted by molar-refractivity contribution is -0.152. The summed E-state index contributed by atoms with van der Waals surface area (Å²) in [5.41, 5.74) is 0.561. The van der Waals surface area contributed by atoms with E-state index in [2.05, 4.69) is 112 Å². The Balaban J connectivity index is -0.000000381. The average molecular weight is 869 g/mol. The lowest BCUT2D eigenvalue weighted by Gasteiger charge is -2.29. The molecule has 358 valence electrons. The third-order valence-electron chi connectivity index (χ3n) is 9.09. The lowest BCUT2D eigenvalue weighted by Crippen LogP contribution is -2.20. The van der Waals surface area contributed by atoms with E-state index in [4.69, 9.17) is 18.9 Å². The molecule has 0 radical (unpaired) electrons. The number of rotatable bonds is 27. The molecule has 0 aromatic carbocycles. The van der Waals surface area contributed by atoms with Gasteiger partial charge in [0.25, 0.3) is 0 Å². The fourth-order valence-corrected chi connectivity index (χ4v) is 6.99. The van der Waals surface area contributed by atoms with Gasteiger partial charge in [-0.1, -0.05) is 117 Å². The van der Waals surface area contributed by atoms with Crippen LogP contribution in [0.3, 0.4) is 0 Å². The van der Waals surface area contributed by atoms with Crippen LogP contribution >= 0.6 is 0 Å². The highest BCUT2D eigenvalue weighted by Gasteiger charge is 2.25. The third-order valence-corrected chi connectivity index (χ3v) is 9.09. The van der Waals surface area contributed by atoms with E-state index in [1.54, 1.807) is 13.8 Å². The SMILES string of the molecule is C.C=C(C)C(=O)OCC1CO1.C=CC(=O)OCCOC(=O)C=C.CC(C)CC(C)CC(C)CC(C)C.CCC(=O)OCCOC(=O)CCC(C)(C)CC(C)CC(C)CC(C)C. The molecule has 1 aliphatic heterocycles. The van der Waals surface area contributed by atoms with Crippen molar-refractivity contribution in [1.82, 2.24) is 0 Å². The van der Waals surface area contributed by atoms with Gasteiger partial charge in [-0.15, -0.1) is 0 Å². The standard InChI is InChI=1S/C21H40O4.C13H28.C8H10O4.C7H10O3.CH4/c1-8-19(22)24-11-12-25-20(23)9-10-21(6,7)15-18(5)14-17(4)13-16(2)3;1-10(2)7-12(5)9-13(6)8-11(3)4;1-3-7(9)11-5-6-12-8(10)4-2;1-5(2)7(8)10-4-6-3-9-6;/h16-18H,8-15H2,1-7H3;10-13H,7-9H2,1-6H3;3-4H,1-2,5-6H2;6H,1,3-4H2,2H3;1H4. The number of ether oxygens (including phenoxy) is 6. The largest absolute Gasteiger partial charge is 0.462 e. The van der Waals surface area contributed by atoms with E-state index in [0.717, 1.165) is 60.5 Å². The van der Waals surface area contributed by atoms with Crippen LogP contribution in [-0.4, -0.2) is 75.6 Å². The normalized spacial score (nSPS) is 14.6. The molecule has 0 aliphatic carbocycles. The predicted octanol–water partition coefficient (Wildman–Crippen LogP) is 11.7. The molecule has 11 heteroatoms. The highest BCUT2D eigenvalue weighted by molar-refractivity contribution is 5.87. The molecule has 1 fully saturated rings. The average Bonchev–Trinajstić information content (AvgIpc) is 3.97. The molecule has 0 amide bonds. The molecule has 0 spiro atoms. The van der Waals surface area contributed by atoms with Gasteiger partial charge < -0.3 is 28.4 Å². The zero-order valence-electron chi connectivity index (χ0n) is 40.5. The summed E-state index contributed by atoms with van der Waals surface area (Å²) in [5.74, 6) is 3.82. The molecule has 1 aliphatic rings. The Morgan fingerprint density at radius 2 is 1.02 bits per heavy atom. The van der Waals surface area contributed by atoms with Crippen LogP contribution in [0.15, 0.2) is 37.5 Å². The van der Waals surface area contributed by atoms with Crippen LogP contribution in [0.4, 0.5) is 0 Å².